The number of nitrogens with one attached hydrogen (secondary N) is 1. The summed E-state index contributed by atoms with van der Waals surface area (Å²) < 4.78 is 1.64. The molecule has 1 N–H and O–H groups in total. The van der Waals surface area contributed by atoms with Crippen LogP contribution in [0.5, 0.6) is 0 Å². The number of aryl methyl sites for hydroxylation is 1. The van der Waals surface area contributed by atoms with E-state index in [4.69, 9.17) is 0 Å². The summed E-state index contributed by atoms with van der Waals surface area (Å²) in [4.78, 5) is 12.7. The minimum atomic E-state index is -0.360. The molecule has 1 atom stereocenters. The van der Waals surface area contributed by atoms with Gasteiger partial charge in [-0.25, -0.2) is 0 Å². The number of hydrogen-bond acceptors (Lipinski definition) is 5. The standard InChI is InChI=1S/C21H19N5OS/c1-14-7-11-19(12-8-14)26-21(23-24-25-26)28-15(2)20(27)22-18-10-9-16-5-3-4-6-17(16)13-18/h3-13,15H,1-2H3,(H,22,27)/t15-/m0/s1. The molecule has 140 valence electrons. The monoisotopic (exact) mass is 389 g/mol. The molecular formula is C21H19N5OS. The van der Waals surface area contributed by atoms with Crippen LogP contribution in [0.15, 0.2) is 71.9 Å². The number of fused-ring (bicyclic) bond motifs is 1. The Labute approximate surface area is 167 Å². The van der Waals surface area contributed by atoms with Crippen LogP contribution in [0.25, 0.3) is 16.5 Å². The number of amides is 1. The van der Waals surface area contributed by atoms with Crippen LogP contribution < -0.4 is 5.32 Å². The van der Waals surface area contributed by atoms with Gasteiger partial charge in [0.25, 0.3) is 0 Å². The quantitative estimate of drug-likeness (QED) is 0.517. The van der Waals surface area contributed by atoms with E-state index in [1.165, 1.54) is 11.8 Å². The Morgan fingerprint density at radius 2 is 1.79 bits per heavy atom. The lowest BCUT2D eigenvalue weighted by atomic mass is 10.1. The van der Waals surface area contributed by atoms with Crippen LogP contribution in [0.4, 0.5) is 5.69 Å². The Morgan fingerprint density at radius 3 is 2.57 bits per heavy atom. The van der Waals surface area contributed by atoms with Crippen molar-refractivity contribution in [2.24, 2.45) is 0 Å². The van der Waals surface area contributed by atoms with Crippen LogP contribution in [0.1, 0.15) is 12.5 Å². The number of anilines is 1. The summed E-state index contributed by atoms with van der Waals surface area (Å²) in [6.07, 6.45) is 0. The van der Waals surface area contributed by atoms with Crippen molar-refractivity contribution in [3.63, 3.8) is 0 Å². The molecule has 0 fully saturated rings. The van der Waals surface area contributed by atoms with E-state index < -0.39 is 0 Å². The lowest BCUT2D eigenvalue weighted by Crippen LogP contribution is -2.22. The maximum Gasteiger partial charge on any atom is 0.237 e. The Hall–Kier alpha value is -3.19. The first-order valence-corrected chi connectivity index (χ1v) is 9.80. The molecule has 4 aromatic rings. The van der Waals surface area contributed by atoms with Gasteiger partial charge in [-0.2, -0.15) is 4.68 Å². The van der Waals surface area contributed by atoms with E-state index in [9.17, 15) is 4.79 Å². The van der Waals surface area contributed by atoms with Crippen molar-refractivity contribution in [2.45, 2.75) is 24.3 Å². The van der Waals surface area contributed by atoms with E-state index in [2.05, 4.69) is 20.8 Å². The number of rotatable bonds is 5. The molecule has 3 aromatic carbocycles. The minimum absolute atomic E-state index is 0.0984. The molecule has 6 nitrogen and oxygen atoms in total. The second-order valence-electron chi connectivity index (χ2n) is 6.52. The lowest BCUT2D eigenvalue weighted by Gasteiger charge is -2.12. The zero-order chi connectivity index (χ0) is 19.5. The predicted octanol–water partition coefficient (Wildman–Crippen LogP) is 4.24. The van der Waals surface area contributed by atoms with Crippen molar-refractivity contribution in [1.29, 1.82) is 0 Å². The number of tetrazole rings is 1. The normalized spacial score (nSPS) is 12.1. The van der Waals surface area contributed by atoms with Crippen molar-refractivity contribution < 1.29 is 4.79 Å². The summed E-state index contributed by atoms with van der Waals surface area (Å²) >= 11 is 1.32. The van der Waals surface area contributed by atoms with Gasteiger partial charge in [-0.3, -0.25) is 4.79 Å². The summed E-state index contributed by atoms with van der Waals surface area (Å²) in [6, 6.07) is 21.8. The van der Waals surface area contributed by atoms with Crippen LogP contribution in [0.3, 0.4) is 0 Å². The van der Waals surface area contributed by atoms with Gasteiger partial charge < -0.3 is 5.32 Å². The summed E-state index contributed by atoms with van der Waals surface area (Å²) in [6.45, 7) is 3.87. The van der Waals surface area contributed by atoms with E-state index in [1.807, 2.05) is 80.6 Å². The molecule has 0 aliphatic heterocycles. The maximum atomic E-state index is 12.7. The lowest BCUT2D eigenvalue weighted by molar-refractivity contribution is -0.115. The van der Waals surface area contributed by atoms with E-state index in [0.717, 1.165) is 27.7 Å². The van der Waals surface area contributed by atoms with Gasteiger partial charge in [-0.05, 0) is 59.3 Å². The third-order valence-electron chi connectivity index (χ3n) is 4.39. The Balaban J connectivity index is 1.47. The molecule has 0 unspecified atom stereocenters. The fourth-order valence-corrected chi connectivity index (χ4v) is 3.63. The van der Waals surface area contributed by atoms with Gasteiger partial charge in [0, 0.05) is 5.69 Å². The van der Waals surface area contributed by atoms with E-state index >= 15 is 0 Å². The van der Waals surface area contributed by atoms with Crippen LogP contribution in [0, 0.1) is 6.92 Å². The first kappa shape index (κ1) is 18.2. The molecule has 1 aromatic heterocycles. The number of nitrogens with zero attached hydrogens (tertiary/aromatic N) is 4. The van der Waals surface area contributed by atoms with E-state index in [1.54, 1.807) is 4.68 Å². The third kappa shape index (κ3) is 3.89. The zero-order valence-electron chi connectivity index (χ0n) is 15.5. The second-order valence-corrected chi connectivity index (χ2v) is 7.83. The van der Waals surface area contributed by atoms with Gasteiger partial charge in [0.1, 0.15) is 0 Å². The molecule has 28 heavy (non-hydrogen) atoms. The van der Waals surface area contributed by atoms with Crippen molar-refractivity contribution in [2.75, 3.05) is 5.32 Å². The molecule has 1 heterocycles. The van der Waals surface area contributed by atoms with Crippen LogP contribution in [-0.2, 0) is 4.79 Å². The number of benzene rings is 3. The molecule has 0 saturated carbocycles. The van der Waals surface area contributed by atoms with Crippen molar-refractivity contribution in [1.82, 2.24) is 20.2 Å². The van der Waals surface area contributed by atoms with Gasteiger partial charge in [0.2, 0.25) is 11.1 Å². The zero-order valence-corrected chi connectivity index (χ0v) is 16.4. The van der Waals surface area contributed by atoms with Gasteiger partial charge >= 0.3 is 0 Å². The first-order chi connectivity index (χ1) is 13.6. The molecule has 0 aliphatic rings. The van der Waals surface area contributed by atoms with E-state index in [0.29, 0.717) is 5.16 Å². The SMILES string of the molecule is Cc1ccc(-n2nnnc2S[C@@H](C)C(=O)Nc2ccc3ccccc3c2)cc1. The number of aromatic nitrogens is 4. The highest BCUT2D eigenvalue weighted by molar-refractivity contribution is 8.00. The van der Waals surface area contributed by atoms with Crippen LogP contribution >= 0.6 is 11.8 Å². The van der Waals surface area contributed by atoms with Gasteiger partial charge in [0.15, 0.2) is 0 Å². The Kier molecular flexibility index (Phi) is 5.08. The summed E-state index contributed by atoms with van der Waals surface area (Å²) in [5, 5.41) is 17.3. The largest absolute Gasteiger partial charge is 0.325 e. The molecular weight excluding hydrogens is 370 g/mol. The average Bonchev–Trinajstić information content (AvgIpc) is 3.16. The highest BCUT2D eigenvalue weighted by atomic mass is 32.2. The first-order valence-electron chi connectivity index (χ1n) is 8.92. The molecule has 0 spiro atoms. The Morgan fingerprint density at radius 1 is 1.04 bits per heavy atom. The molecule has 4 rings (SSSR count). The molecule has 0 saturated heterocycles. The van der Waals surface area contributed by atoms with Crippen molar-refractivity contribution in [3.8, 4) is 5.69 Å². The predicted molar refractivity (Wildman–Crippen MR) is 112 cm³/mol. The summed E-state index contributed by atoms with van der Waals surface area (Å²) in [7, 11) is 0. The minimum Gasteiger partial charge on any atom is -0.325 e. The third-order valence-corrected chi connectivity index (χ3v) is 5.42. The number of thioether (sulfide) groups is 1. The van der Waals surface area contributed by atoms with Gasteiger partial charge in [-0.15, -0.1) is 5.10 Å². The van der Waals surface area contributed by atoms with Crippen LogP contribution in [0.2, 0.25) is 0 Å². The number of carbonyl (C=O) groups excluding carboxylic acids is 1. The molecule has 1 amide bonds. The fraction of sp³-hybridized carbons (Fsp3) is 0.143. The number of carbonyl (C=O) groups is 1. The molecule has 0 aliphatic carbocycles. The topological polar surface area (TPSA) is 72.7 Å². The fourth-order valence-electron chi connectivity index (χ4n) is 2.82. The van der Waals surface area contributed by atoms with Gasteiger partial charge in [-0.1, -0.05) is 59.8 Å². The maximum absolute atomic E-state index is 12.7. The van der Waals surface area contributed by atoms with Gasteiger partial charge in [0.05, 0.1) is 10.9 Å². The molecule has 0 radical (unpaired) electrons. The highest BCUT2D eigenvalue weighted by Crippen LogP contribution is 2.25. The Bertz CT molecular complexity index is 1120. The van der Waals surface area contributed by atoms with Crippen LogP contribution in [-0.4, -0.2) is 31.4 Å². The van der Waals surface area contributed by atoms with Crippen molar-refractivity contribution >= 4 is 34.1 Å². The smallest absolute Gasteiger partial charge is 0.237 e. The molecule has 0 bridgehead atoms. The second kappa shape index (κ2) is 7.82. The summed E-state index contributed by atoms with van der Waals surface area (Å²) in [5.41, 5.74) is 2.80. The summed E-state index contributed by atoms with van der Waals surface area (Å²) in [5.74, 6) is -0.0984. The highest BCUT2D eigenvalue weighted by Gasteiger charge is 2.19. The van der Waals surface area contributed by atoms with Crippen molar-refractivity contribution in [3.05, 3.63) is 72.3 Å². The number of hydrogen-bond donors (Lipinski definition) is 1. The molecule has 7 heteroatoms. The van der Waals surface area contributed by atoms with E-state index in [-0.39, 0.29) is 11.2 Å². The average molecular weight is 389 g/mol.